The lowest BCUT2D eigenvalue weighted by molar-refractivity contribution is -0.124. The Kier molecular flexibility index (Phi) is 4.97. The van der Waals surface area contributed by atoms with Crippen molar-refractivity contribution >= 4 is 5.78 Å². The molecule has 0 aromatic heterocycles. The molecule has 2 unspecified atom stereocenters. The second kappa shape index (κ2) is 5.81. The Morgan fingerprint density at radius 1 is 1.31 bits per heavy atom. The summed E-state index contributed by atoms with van der Waals surface area (Å²) in [5.74, 6) is 1.58. The van der Waals surface area contributed by atoms with Crippen LogP contribution in [0.2, 0.25) is 0 Å². The minimum atomic E-state index is 0.125. The lowest BCUT2D eigenvalue weighted by atomic mass is 9.79. The molecule has 0 aromatic carbocycles. The first-order valence-corrected chi connectivity index (χ1v) is 6.66. The molecule has 1 N–H and O–H groups in total. The highest BCUT2D eigenvalue weighted by atomic mass is 16.1. The molecule has 1 rings (SSSR count). The van der Waals surface area contributed by atoms with Gasteiger partial charge in [-0.25, -0.2) is 0 Å². The highest BCUT2D eigenvalue weighted by Crippen LogP contribution is 2.29. The van der Waals surface area contributed by atoms with Crippen LogP contribution < -0.4 is 5.32 Å². The van der Waals surface area contributed by atoms with E-state index in [2.05, 4.69) is 33.0 Å². The zero-order valence-electron chi connectivity index (χ0n) is 11.3. The number of Topliss-reactive ketones (excluding diaryl/α,β-unsaturated/α-hetero) is 1. The number of hydrogen-bond donors (Lipinski definition) is 1. The van der Waals surface area contributed by atoms with Gasteiger partial charge in [-0.2, -0.15) is 0 Å². The van der Waals surface area contributed by atoms with Crippen molar-refractivity contribution in [2.24, 2.45) is 11.8 Å². The molecule has 0 bridgehead atoms. The van der Waals surface area contributed by atoms with E-state index in [-0.39, 0.29) is 5.54 Å². The van der Waals surface area contributed by atoms with Gasteiger partial charge < -0.3 is 5.32 Å². The van der Waals surface area contributed by atoms with Crippen LogP contribution in [0.5, 0.6) is 0 Å². The Morgan fingerprint density at radius 3 is 2.56 bits per heavy atom. The van der Waals surface area contributed by atoms with Crippen molar-refractivity contribution in [2.75, 3.05) is 6.54 Å². The molecule has 0 aliphatic heterocycles. The monoisotopic (exact) mass is 225 g/mol. The van der Waals surface area contributed by atoms with E-state index in [1.54, 1.807) is 0 Å². The number of carbonyl (C=O) groups is 1. The average Bonchev–Trinajstić information content (AvgIpc) is 2.15. The average molecular weight is 225 g/mol. The summed E-state index contributed by atoms with van der Waals surface area (Å²) in [4.78, 5) is 12.0. The van der Waals surface area contributed by atoms with Gasteiger partial charge in [0.1, 0.15) is 5.78 Å². The number of nitrogens with one attached hydrogen (secondary N) is 1. The summed E-state index contributed by atoms with van der Waals surface area (Å²) in [5, 5.41) is 3.38. The van der Waals surface area contributed by atoms with Crippen molar-refractivity contribution in [3.05, 3.63) is 0 Å². The summed E-state index contributed by atoms with van der Waals surface area (Å²) >= 11 is 0. The topological polar surface area (TPSA) is 29.1 Å². The lowest BCUT2D eigenvalue weighted by Crippen LogP contribution is -2.37. The molecule has 1 aliphatic carbocycles. The van der Waals surface area contributed by atoms with E-state index >= 15 is 0 Å². The third-order valence-electron chi connectivity index (χ3n) is 3.42. The molecule has 94 valence electrons. The van der Waals surface area contributed by atoms with Crippen molar-refractivity contribution in [3.63, 3.8) is 0 Å². The van der Waals surface area contributed by atoms with Crippen LogP contribution >= 0.6 is 0 Å². The normalized spacial score (nSPS) is 26.8. The molecule has 2 nitrogen and oxygen atoms in total. The van der Waals surface area contributed by atoms with E-state index in [0.717, 1.165) is 25.3 Å². The van der Waals surface area contributed by atoms with Gasteiger partial charge in [0.2, 0.25) is 0 Å². The SMILES string of the molecule is CC1CCCC(C(=O)CCNC(C)(C)C)C1. The van der Waals surface area contributed by atoms with Crippen LogP contribution in [-0.2, 0) is 4.79 Å². The van der Waals surface area contributed by atoms with Gasteiger partial charge in [-0.3, -0.25) is 4.79 Å². The third kappa shape index (κ3) is 5.11. The molecule has 0 spiro atoms. The zero-order valence-corrected chi connectivity index (χ0v) is 11.3. The van der Waals surface area contributed by atoms with Crippen LogP contribution in [0, 0.1) is 11.8 Å². The number of carbonyl (C=O) groups excluding carboxylic acids is 1. The molecule has 0 amide bonds. The van der Waals surface area contributed by atoms with Gasteiger partial charge in [-0.15, -0.1) is 0 Å². The summed E-state index contributed by atoms with van der Waals surface area (Å²) in [6.45, 7) is 9.51. The first-order valence-electron chi connectivity index (χ1n) is 6.66. The fraction of sp³-hybridized carbons (Fsp3) is 0.929. The molecular weight excluding hydrogens is 198 g/mol. The lowest BCUT2D eigenvalue weighted by Gasteiger charge is -2.26. The van der Waals surface area contributed by atoms with Crippen molar-refractivity contribution in [2.45, 2.75) is 65.3 Å². The summed E-state index contributed by atoms with van der Waals surface area (Å²) in [6.07, 6.45) is 5.50. The van der Waals surface area contributed by atoms with Gasteiger partial charge in [0.25, 0.3) is 0 Å². The van der Waals surface area contributed by atoms with Crippen molar-refractivity contribution in [3.8, 4) is 0 Å². The van der Waals surface area contributed by atoms with E-state index in [4.69, 9.17) is 0 Å². The van der Waals surface area contributed by atoms with Gasteiger partial charge in [0, 0.05) is 24.4 Å². The van der Waals surface area contributed by atoms with Crippen molar-refractivity contribution in [1.29, 1.82) is 0 Å². The molecule has 1 fully saturated rings. The molecule has 1 aliphatic rings. The zero-order chi connectivity index (χ0) is 12.2. The Bertz CT molecular complexity index is 229. The summed E-state index contributed by atoms with van der Waals surface area (Å²) < 4.78 is 0. The van der Waals surface area contributed by atoms with Crippen LogP contribution in [-0.4, -0.2) is 17.9 Å². The first-order chi connectivity index (χ1) is 7.38. The maximum Gasteiger partial charge on any atom is 0.137 e. The Balaban J connectivity index is 2.24. The second-order valence-corrected chi connectivity index (χ2v) is 6.36. The first kappa shape index (κ1) is 13.7. The predicted octanol–water partition coefficient (Wildman–Crippen LogP) is 3.16. The molecule has 0 saturated heterocycles. The predicted molar refractivity (Wildman–Crippen MR) is 68.5 cm³/mol. The van der Waals surface area contributed by atoms with E-state index in [0.29, 0.717) is 18.1 Å². The van der Waals surface area contributed by atoms with Gasteiger partial charge in [0.15, 0.2) is 0 Å². The maximum atomic E-state index is 12.0. The quantitative estimate of drug-likeness (QED) is 0.796. The smallest absolute Gasteiger partial charge is 0.137 e. The minimum absolute atomic E-state index is 0.125. The molecule has 0 heterocycles. The van der Waals surface area contributed by atoms with Crippen LogP contribution in [0.4, 0.5) is 0 Å². The largest absolute Gasteiger partial charge is 0.312 e. The van der Waals surface area contributed by atoms with Gasteiger partial charge in [0.05, 0.1) is 0 Å². The summed E-state index contributed by atoms with van der Waals surface area (Å²) in [5.41, 5.74) is 0.125. The van der Waals surface area contributed by atoms with E-state index in [9.17, 15) is 4.79 Å². The van der Waals surface area contributed by atoms with Crippen molar-refractivity contribution < 1.29 is 4.79 Å². The molecule has 0 aromatic rings. The highest BCUT2D eigenvalue weighted by molar-refractivity contribution is 5.81. The fourth-order valence-electron chi connectivity index (χ4n) is 2.49. The third-order valence-corrected chi connectivity index (χ3v) is 3.42. The van der Waals surface area contributed by atoms with E-state index in [1.807, 2.05) is 0 Å². The van der Waals surface area contributed by atoms with Gasteiger partial charge in [-0.05, 0) is 39.5 Å². The fourth-order valence-corrected chi connectivity index (χ4v) is 2.49. The van der Waals surface area contributed by atoms with Gasteiger partial charge >= 0.3 is 0 Å². The summed E-state index contributed by atoms with van der Waals surface area (Å²) in [6, 6.07) is 0. The van der Waals surface area contributed by atoms with Crippen LogP contribution in [0.1, 0.15) is 59.8 Å². The molecule has 1 saturated carbocycles. The minimum Gasteiger partial charge on any atom is -0.312 e. The van der Waals surface area contributed by atoms with Crippen LogP contribution in [0.25, 0.3) is 0 Å². The molecule has 2 atom stereocenters. The molecular formula is C14H27NO. The second-order valence-electron chi connectivity index (χ2n) is 6.36. The molecule has 0 radical (unpaired) electrons. The Morgan fingerprint density at radius 2 is 2.00 bits per heavy atom. The Labute approximate surface area is 100 Å². The Hall–Kier alpha value is -0.370. The number of hydrogen-bond acceptors (Lipinski definition) is 2. The molecule has 2 heteroatoms. The van der Waals surface area contributed by atoms with E-state index in [1.165, 1.54) is 12.8 Å². The standard InChI is InChI=1S/C14H27NO/c1-11-6-5-7-12(10-11)13(16)8-9-15-14(2,3)4/h11-12,15H,5-10H2,1-4H3. The maximum absolute atomic E-state index is 12.0. The highest BCUT2D eigenvalue weighted by Gasteiger charge is 2.24. The van der Waals surface area contributed by atoms with Crippen LogP contribution in [0.3, 0.4) is 0 Å². The van der Waals surface area contributed by atoms with Crippen LogP contribution in [0.15, 0.2) is 0 Å². The van der Waals surface area contributed by atoms with E-state index < -0.39 is 0 Å². The van der Waals surface area contributed by atoms with Crippen molar-refractivity contribution in [1.82, 2.24) is 5.32 Å². The molecule has 16 heavy (non-hydrogen) atoms. The number of rotatable bonds is 4. The summed E-state index contributed by atoms with van der Waals surface area (Å²) in [7, 11) is 0. The van der Waals surface area contributed by atoms with Gasteiger partial charge in [-0.1, -0.05) is 19.8 Å². The number of ketones is 1.